The highest BCUT2D eigenvalue weighted by Gasteiger charge is 2.23. The van der Waals surface area contributed by atoms with E-state index in [1.807, 2.05) is 0 Å². The average molecular weight is 182 g/mol. The minimum Gasteiger partial charge on any atom is -0.311 e. The van der Waals surface area contributed by atoms with Gasteiger partial charge in [-0.1, -0.05) is 19.1 Å². The topological polar surface area (TPSA) is 15.3 Å². The smallest absolute Gasteiger partial charge is 0.0222 e. The summed E-state index contributed by atoms with van der Waals surface area (Å²) in [5.74, 6) is 0. The van der Waals surface area contributed by atoms with Gasteiger partial charge in [-0.25, -0.2) is 0 Å². The Morgan fingerprint density at radius 3 is 2.85 bits per heavy atom. The van der Waals surface area contributed by atoms with E-state index in [0.29, 0.717) is 12.1 Å². The monoisotopic (exact) mass is 182 g/mol. The minimum absolute atomic E-state index is 0.610. The van der Waals surface area contributed by atoms with E-state index in [9.17, 15) is 0 Å². The van der Waals surface area contributed by atoms with Crippen molar-refractivity contribution >= 4 is 0 Å². The second kappa shape index (κ2) is 4.77. The van der Waals surface area contributed by atoms with Crippen LogP contribution in [-0.4, -0.2) is 36.6 Å². The standard InChI is InChI=1S/C11H22N2/c1-5-9(2)8-13-7-6-12-10(3)11(13)4/h10-12H,2,5-8H2,1,3-4H3. The lowest BCUT2D eigenvalue weighted by molar-refractivity contribution is 0.150. The third-order valence-electron chi connectivity index (χ3n) is 3.09. The molecule has 1 aliphatic rings. The summed E-state index contributed by atoms with van der Waals surface area (Å²) in [6.45, 7) is 14.1. The molecule has 2 heteroatoms. The Kier molecular flexibility index (Phi) is 3.94. The molecule has 1 N–H and O–H groups in total. The van der Waals surface area contributed by atoms with Gasteiger partial charge in [0, 0.05) is 31.7 Å². The van der Waals surface area contributed by atoms with Gasteiger partial charge < -0.3 is 5.32 Å². The van der Waals surface area contributed by atoms with Crippen molar-refractivity contribution in [2.45, 2.75) is 39.3 Å². The highest BCUT2D eigenvalue weighted by atomic mass is 15.2. The summed E-state index contributed by atoms with van der Waals surface area (Å²) in [6.07, 6.45) is 1.10. The molecule has 0 aliphatic carbocycles. The van der Waals surface area contributed by atoms with Crippen LogP contribution in [0.15, 0.2) is 12.2 Å². The zero-order valence-corrected chi connectivity index (χ0v) is 9.14. The van der Waals surface area contributed by atoms with Crippen molar-refractivity contribution in [1.29, 1.82) is 0 Å². The molecular formula is C11H22N2. The highest BCUT2D eigenvalue weighted by Crippen LogP contribution is 2.11. The van der Waals surface area contributed by atoms with Crippen LogP contribution in [0.1, 0.15) is 27.2 Å². The maximum atomic E-state index is 4.06. The fourth-order valence-corrected chi connectivity index (χ4v) is 1.75. The fraction of sp³-hybridized carbons (Fsp3) is 0.818. The van der Waals surface area contributed by atoms with Gasteiger partial charge in [0.05, 0.1) is 0 Å². The van der Waals surface area contributed by atoms with Crippen LogP contribution in [0.25, 0.3) is 0 Å². The molecule has 0 bridgehead atoms. The molecule has 0 aromatic rings. The zero-order chi connectivity index (χ0) is 9.84. The van der Waals surface area contributed by atoms with Crippen LogP contribution in [0.3, 0.4) is 0 Å². The van der Waals surface area contributed by atoms with Gasteiger partial charge in [-0.2, -0.15) is 0 Å². The Balaban J connectivity index is 2.43. The molecule has 2 nitrogen and oxygen atoms in total. The summed E-state index contributed by atoms with van der Waals surface area (Å²) in [5, 5.41) is 3.48. The van der Waals surface area contributed by atoms with Crippen LogP contribution in [0.5, 0.6) is 0 Å². The molecule has 0 amide bonds. The molecule has 1 heterocycles. The second-order valence-electron chi connectivity index (χ2n) is 4.06. The van der Waals surface area contributed by atoms with Gasteiger partial charge >= 0.3 is 0 Å². The van der Waals surface area contributed by atoms with Crippen LogP contribution in [0.4, 0.5) is 0 Å². The Hall–Kier alpha value is -0.340. The molecule has 0 aromatic heterocycles. The van der Waals surface area contributed by atoms with Crippen LogP contribution < -0.4 is 5.32 Å². The molecular weight excluding hydrogens is 160 g/mol. The number of nitrogens with zero attached hydrogens (tertiary/aromatic N) is 1. The van der Waals surface area contributed by atoms with Gasteiger partial charge in [0.15, 0.2) is 0 Å². The average Bonchev–Trinajstić information content (AvgIpc) is 2.13. The van der Waals surface area contributed by atoms with E-state index in [-0.39, 0.29) is 0 Å². The van der Waals surface area contributed by atoms with E-state index in [2.05, 4.69) is 37.6 Å². The molecule has 1 aliphatic heterocycles. The summed E-state index contributed by atoms with van der Waals surface area (Å²) in [6, 6.07) is 1.25. The Morgan fingerprint density at radius 1 is 1.54 bits per heavy atom. The Bertz CT molecular complexity index is 177. The second-order valence-corrected chi connectivity index (χ2v) is 4.06. The van der Waals surface area contributed by atoms with E-state index in [0.717, 1.165) is 26.1 Å². The van der Waals surface area contributed by atoms with Gasteiger partial charge in [0.2, 0.25) is 0 Å². The van der Waals surface area contributed by atoms with E-state index in [1.54, 1.807) is 0 Å². The molecule has 2 unspecified atom stereocenters. The third kappa shape index (κ3) is 2.82. The van der Waals surface area contributed by atoms with Crippen LogP contribution in [0, 0.1) is 0 Å². The van der Waals surface area contributed by atoms with Crippen molar-refractivity contribution in [2.75, 3.05) is 19.6 Å². The maximum Gasteiger partial charge on any atom is 0.0222 e. The molecule has 1 fully saturated rings. The molecule has 0 aromatic carbocycles. The first kappa shape index (κ1) is 10.7. The third-order valence-corrected chi connectivity index (χ3v) is 3.09. The van der Waals surface area contributed by atoms with Crippen molar-refractivity contribution < 1.29 is 0 Å². The minimum atomic E-state index is 0.610. The number of hydrogen-bond acceptors (Lipinski definition) is 2. The SMILES string of the molecule is C=C(CC)CN1CCNC(C)C1C. The van der Waals surface area contributed by atoms with Crippen molar-refractivity contribution in [3.05, 3.63) is 12.2 Å². The number of hydrogen-bond donors (Lipinski definition) is 1. The van der Waals surface area contributed by atoms with E-state index < -0.39 is 0 Å². The van der Waals surface area contributed by atoms with Crippen molar-refractivity contribution in [2.24, 2.45) is 0 Å². The predicted molar refractivity (Wildman–Crippen MR) is 57.9 cm³/mol. The first-order valence-electron chi connectivity index (χ1n) is 5.29. The fourth-order valence-electron chi connectivity index (χ4n) is 1.75. The quantitative estimate of drug-likeness (QED) is 0.667. The molecule has 76 valence electrons. The van der Waals surface area contributed by atoms with Crippen molar-refractivity contribution in [3.63, 3.8) is 0 Å². The maximum absolute atomic E-state index is 4.06. The molecule has 1 saturated heterocycles. The summed E-state index contributed by atoms with van der Waals surface area (Å²) in [4.78, 5) is 2.52. The lowest BCUT2D eigenvalue weighted by Gasteiger charge is -2.38. The first-order valence-corrected chi connectivity index (χ1v) is 5.29. The van der Waals surface area contributed by atoms with Gasteiger partial charge in [0.25, 0.3) is 0 Å². The lowest BCUT2D eigenvalue weighted by Crippen LogP contribution is -2.55. The summed E-state index contributed by atoms with van der Waals surface area (Å²) >= 11 is 0. The van der Waals surface area contributed by atoms with Crippen molar-refractivity contribution in [3.8, 4) is 0 Å². The molecule has 0 spiro atoms. The van der Waals surface area contributed by atoms with Gasteiger partial charge in [-0.3, -0.25) is 4.90 Å². The normalized spacial score (nSPS) is 30.4. The molecule has 2 atom stereocenters. The number of piperazine rings is 1. The summed E-state index contributed by atoms with van der Waals surface area (Å²) in [5.41, 5.74) is 1.35. The summed E-state index contributed by atoms with van der Waals surface area (Å²) < 4.78 is 0. The van der Waals surface area contributed by atoms with Crippen LogP contribution in [-0.2, 0) is 0 Å². The first-order chi connectivity index (χ1) is 6.15. The summed E-state index contributed by atoms with van der Waals surface area (Å²) in [7, 11) is 0. The Labute approximate surface area is 82.0 Å². The zero-order valence-electron chi connectivity index (χ0n) is 9.14. The van der Waals surface area contributed by atoms with Crippen LogP contribution in [0.2, 0.25) is 0 Å². The molecule has 0 radical (unpaired) electrons. The number of rotatable bonds is 3. The lowest BCUT2D eigenvalue weighted by atomic mass is 10.1. The van der Waals surface area contributed by atoms with Gasteiger partial charge in [0.1, 0.15) is 0 Å². The van der Waals surface area contributed by atoms with E-state index >= 15 is 0 Å². The van der Waals surface area contributed by atoms with E-state index in [4.69, 9.17) is 0 Å². The Morgan fingerprint density at radius 2 is 2.23 bits per heavy atom. The number of nitrogens with one attached hydrogen (secondary N) is 1. The predicted octanol–water partition coefficient (Wildman–Crippen LogP) is 1.63. The van der Waals surface area contributed by atoms with E-state index in [1.165, 1.54) is 5.57 Å². The largest absolute Gasteiger partial charge is 0.311 e. The van der Waals surface area contributed by atoms with Gasteiger partial charge in [-0.15, -0.1) is 0 Å². The highest BCUT2D eigenvalue weighted by molar-refractivity contribution is 4.98. The molecule has 1 rings (SSSR count). The molecule has 0 saturated carbocycles. The van der Waals surface area contributed by atoms with Crippen LogP contribution >= 0.6 is 0 Å². The van der Waals surface area contributed by atoms with Crippen molar-refractivity contribution in [1.82, 2.24) is 10.2 Å². The van der Waals surface area contributed by atoms with Gasteiger partial charge in [-0.05, 0) is 20.3 Å². The molecule has 13 heavy (non-hydrogen) atoms.